The van der Waals surface area contributed by atoms with E-state index in [-0.39, 0.29) is 0 Å². The van der Waals surface area contributed by atoms with Crippen molar-refractivity contribution in [3.63, 3.8) is 0 Å². The van der Waals surface area contributed by atoms with Crippen molar-refractivity contribution in [1.29, 1.82) is 0 Å². The molecule has 0 amide bonds. The highest BCUT2D eigenvalue weighted by Gasteiger charge is 2.24. The van der Waals surface area contributed by atoms with Crippen molar-refractivity contribution >= 4 is 11.6 Å². The summed E-state index contributed by atoms with van der Waals surface area (Å²) in [5, 5.41) is 3.15. The summed E-state index contributed by atoms with van der Waals surface area (Å²) in [4.78, 5) is 6.86. The standard InChI is InChI=1S/C17H28N4/c1-21(2)16(14-9-5-3-6-10-14)13-19-17(18)20-15-11-7-4-8-12-15/h4,7-8,11-12,14,16H,3,5-6,9-10,13H2,1-2H3,(H3,18,19,20). The number of benzene rings is 1. The number of nitrogens with one attached hydrogen (secondary N) is 1. The summed E-state index contributed by atoms with van der Waals surface area (Å²) in [6, 6.07) is 10.4. The maximum Gasteiger partial charge on any atom is 0.193 e. The van der Waals surface area contributed by atoms with Crippen LogP contribution in [0.2, 0.25) is 0 Å². The van der Waals surface area contributed by atoms with E-state index in [0.29, 0.717) is 12.0 Å². The molecule has 0 radical (unpaired) electrons. The van der Waals surface area contributed by atoms with E-state index in [1.807, 2.05) is 30.3 Å². The molecule has 1 aliphatic carbocycles. The van der Waals surface area contributed by atoms with Crippen LogP contribution in [0.1, 0.15) is 32.1 Å². The largest absolute Gasteiger partial charge is 0.370 e. The predicted molar refractivity (Wildman–Crippen MR) is 90.6 cm³/mol. The van der Waals surface area contributed by atoms with Crippen LogP contribution in [0.3, 0.4) is 0 Å². The fourth-order valence-corrected chi connectivity index (χ4v) is 3.15. The minimum absolute atomic E-state index is 0.487. The Morgan fingerprint density at radius 2 is 1.90 bits per heavy atom. The Kier molecular flexibility index (Phi) is 6.05. The van der Waals surface area contributed by atoms with E-state index in [0.717, 1.165) is 18.2 Å². The molecule has 0 saturated heterocycles. The summed E-state index contributed by atoms with van der Waals surface area (Å²) in [6.45, 7) is 0.767. The Morgan fingerprint density at radius 1 is 1.24 bits per heavy atom. The van der Waals surface area contributed by atoms with Crippen LogP contribution in [0.25, 0.3) is 0 Å². The lowest BCUT2D eigenvalue weighted by molar-refractivity contribution is 0.176. The molecule has 1 aromatic carbocycles. The van der Waals surface area contributed by atoms with Crippen LogP contribution in [0, 0.1) is 5.92 Å². The Bertz CT molecular complexity index is 435. The number of anilines is 1. The maximum atomic E-state index is 6.00. The van der Waals surface area contributed by atoms with Gasteiger partial charge >= 0.3 is 0 Å². The maximum absolute atomic E-state index is 6.00. The Hall–Kier alpha value is -1.55. The Morgan fingerprint density at radius 3 is 2.52 bits per heavy atom. The number of nitrogens with zero attached hydrogens (tertiary/aromatic N) is 2. The molecule has 0 aromatic heterocycles. The van der Waals surface area contributed by atoms with Gasteiger partial charge in [-0.05, 0) is 45.0 Å². The second-order valence-corrected chi connectivity index (χ2v) is 6.15. The van der Waals surface area contributed by atoms with Gasteiger partial charge in [-0.3, -0.25) is 4.99 Å². The highest BCUT2D eigenvalue weighted by molar-refractivity contribution is 5.92. The van der Waals surface area contributed by atoms with Crippen LogP contribution >= 0.6 is 0 Å². The summed E-state index contributed by atoms with van der Waals surface area (Å²) in [5.41, 5.74) is 6.99. The number of likely N-dealkylation sites (N-methyl/N-ethyl adjacent to an activating group) is 1. The lowest BCUT2D eigenvalue weighted by atomic mass is 9.83. The lowest BCUT2D eigenvalue weighted by Gasteiger charge is -2.33. The van der Waals surface area contributed by atoms with Gasteiger partial charge < -0.3 is 16.0 Å². The van der Waals surface area contributed by atoms with Crippen molar-refractivity contribution in [1.82, 2.24) is 4.90 Å². The summed E-state index contributed by atoms with van der Waals surface area (Å²) >= 11 is 0. The molecular formula is C17H28N4. The summed E-state index contributed by atoms with van der Waals surface area (Å²) in [7, 11) is 4.30. The number of hydrogen-bond acceptors (Lipinski definition) is 2. The van der Waals surface area contributed by atoms with Gasteiger partial charge in [0.25, 0.3) is 0 Å². The summed E-state index contributed by atoms with van der Waals surface area (Å²) in [5.74, 6) is 1.26. The van der Waals surface area contributed by atoms with Crippen molar-refractivity contribution in [2.24, 2.45) is 16.6 Å². The van der Waals surface area contributed by atoms with Crippen LogP contribution in [0.4, 0.5) is 5.69 Å². The van der Waals surface area contributed by atoms with Crippen LogP contribution in [-0.2, 0) is 0 Å². The molecule has 0 spiro atoms. The zero-order valence-electron chi connectivity index (χ0n) is 13.3. The van der Waals surface area contributed by atoms with E-state index < -0.39 is 0 Å². The first-order valence-electron chi connectivity index (χ1n) is 7.95. The Labute approximate surface area is 128 Å². The molecule has 116 valence electrons. The third-order valence-corrected chi connectivity index (χ3v) is 4.35. The molecule has 1 unspecified atom stereocenters. The third kappa shape index (κ3) is 5.05. The topological polar surface area (TPSA) is 53.6 Å². The normalized spacial score (nSPS) is 18.7. The molecule has 0 aliphatic heterocycles. The first-order valence-corrected chi connectivity index (χ1v) is 7.95. The van der Waals surface area contributed by atoms with Gasteiger partial charge in [0.15, 0.2) is 5.96 Å². The van der Waals surface area contributed by atoms with Crippen molar-refractivity contribution in [2.75, 3.05) is 26.0 Å². The molecule has 2 rings (SSSR count). The van der Waals surface area contributed by atoms with Gasteiger partial charge in [0.2, 0.25) is 0 Å². The molecule has 3 N–H and O–H groups in total. The minimum atomic E-state index is 0.487. The van der Waals surface area contributed by atoms with Gasteiger partial charge in [-0.1, -0.05) is 37.5 Å². The van der Waals surface area contributed by atoms with Gasteiger partial charge in [0.05, 0.1) is 6.54 Å². The number of guanidine groups is 1. The van der Waals surface area contributed by atoms with E-state index in [9.17, 15) is 0 Å². The van der Waals surface area contributed by atoms with Gasteiger partial charge in [0.1, 0.15) is 0 Å². The third-order valence-electron chi connectivity index (χ3n) is 4.35. The van der Waals surface area contributed by atoms with Crippen molar-refractivity contribution < 1.29 is 0 Å². The van der Waals surface area contributed by atoms with Gasteiger partial charge in [-0.25, -0.2) is 0 Å². The molecular weight excluding hydrogens is 260 g/mol. The quantitative estimate of drug-likeness (QED) is 0.647. The van der Waals surface area contributed by atoms with Crippen molar-refractivity contribution in [3.05, 3.63) is 30.3 Å². The van der Waals surface area contributed by atoms with Gasteiger partial charge in [-0.15, -0.1) is 0 Å². The molecule has 21 heavy (non-hydrogen) atoms. The van der Waals surface area contributed by atoms with Crippen LogP contribution < -0.4 is 11.1 Å². The second kappa shape index (κ2) is 8.03. The molecule has 1 aliphatic rings. The monoisotopic (exact) mass is 288 g/mol. The van der Waals surface area contributed by atoms with Gasteiger partial charge in [0, 0.05) is 11.7 Å². The Balaban J connectivity index is 1.92. The van der Waals surface area contributed by atoms with Crippen LogP contribution in [0.15, 0.2) is 35.3 Å². The average molecular weight is 288 g/mol. The molecule has 1 aromatic rings. The predicted octanol–water partition coefficient (Wildman–Crippen LogP) is 2.92. The van der Waals surface area contributed by atoms with E-state index in [1.54, 1.807) is 0 Å². The first kappa shape index (κ1) is 15.8. The summed E-state index contributed by atoms with van der Waals surface area (Å²) in [6.07, 6.45) is 6.75. The highest BCUT2D eigenvalue weighted by atomic mass is 15.1. The molecule has 4 nitrogen and oxygen atoms in total. The molecule has 1 saturated carbocycles. The van der Waals surface area contributed by atoms with Crippen LogP contribution in [-0.4, -0.2) is 37.5 Å². The molecule has 1 fully saturated rings. The fourth-order valence-electron chi connectivity index (χ4n) is 3.15. The van der Waals surface area contributed by atoms with E-state index in [2.05, 4.69) is 29.3 Å². The van der Waals surface area contributed by atoms with Gasteiger partial charge in [-0.2, -0.15) is 0 Å². The number of para-hydroxylation sites is 1. The van der Waals surface area contributed by atoms with E-state index >= 15 is 0 Å². The number of aliphatic imine (C=N–C) groups is 1. The van der Waals surface area contributed by atoms with Crippen LogP contribution in [0.5, 0.6) is 0 Å². The number of nitrogens with two attached hydrogens (primary N) is 1. The zero-order valence-corrected chi connectivity index (χ0v) is 13.3. The summed E-state index contributed by atoms with van der Waals surface area (Å²) < 4.78 is 0. The average Bonchev–Trinajstić information content (AvgIpc) is 2.49. The first-order chi connectivity index (χ1) is 10.2. The number of rotatable bonds is 5. The molecule has 4 heteroatoms. The molecule has 1 atom stereocenters. The zero-order chi connectivity index (χ0) is 15.1. The minimum Gasteiger partial charge on any atom is -0.370 e. The molecule has 0 bridgehead atoms. The fraction of sp³-hybridized carbons (Fsp3) is 0.588. The lowest BCUT2D eigenvalue weighted by Crippen LogP contribution is -2.39. The van der Waals surface area contributed by atoms with Crippen molar-refractivity contribution in [3.8, 4) is 0 Å². The number of hydrogen-bond donors (Lipinski definition) is 2. The highest BCUT2D eigenvalue weighted by Crippen LogP contribution is 2.28. The van der Waals surface area contributed by atoms with Crippen molar-refractivity contribution in [2.45, 2.75) is 38.1 Å². The van der Waals surface area contributed by atoms with E-state index in [4.69, 9.17) is 5.73 Å². The smallest absolute Gasteiger partial charge is 0.193 e. The molecule has 0 heterocycles. The van der Waals surface area contributed by atoms with E-state index in [1.165, 1.54) is 32.1 Å². The second-order valence-electron chi connectivity index (χ2n) is 6.15. The SMILES string of the molecule is CN(C)C(CN=C(N)Nc1ccccc1)C1CCCCC1.